The predicted molar refractivity (Wildman–Crippen MR) is 105 cm³/mol. The fraction of sp³-hybridized carbons (Fsp3) is 0.176. The number of amides is 2. The molecule has 0 fully saturated rings. The van der Waals surface area contributed by atoms with E-state index in [1.807, 2.05) is 6.07 Å². The van der Waals surface area contributed by atoms with Crippen LogP contribution in [0, 0.1) is 21.4 Å². The van der Waals surface area contributed by atoms with E-state index in [0.717, 1.165) is 6.07 Å². The van der Waals surface area contributed by atoms with E-state index in [2.05, 4.69) is 19.9 Å². The summed E-state index contributed by atoms with van der Waals surface area (Å²) in [6.45, 7) is 1.63. The number of nitrogens with zero attached hydrogens (tertiary/aromatic N) is 2. The Morgan fingerprint density at radius 1 is 1.33 bits per heavy atom. The Morgan fingerprint density at radius 2 is 1.93 bits per heavy atom. The number of nitrogens with one attached hydrogen (secondary N) is 2. The molecule has 2 N–H and O–H groups in total. The number of anilines is 2. The van der Waals surface area contributed by atoms with Crippen molar-refractivity contribution in [2.45, 2.75) is 18.8 Å². The van der Waals surface area contributed by atoms with E-state index in [-0.39, 0.29) is 39.6 Å². The Bertz CT molecular complexity index is 946. The normalized spacial score (nSPS) is 12.6. The molecule has 0 spiro atoms. The summed E-state index contributed by atoms with van der Waals surface area (Å²) >= 11 is 5.73. The molecule has 0 aliphatic carbocycles. The Hall–Kier alpha value is -2.75. The van der Waals surface area contributed by atoms with Gasteiger partial charge in [-0.15, -0.1) is 0 Å². The molecule has 0 heterocycles. The number of rotatable bonds is 5. The lowest BCUT2D eigenvalue weighted by atomic mass is 10.0. The maximum absolute atomic E-state index is 14.6. The molecule has 0 saturated heterocycles. The van der Waals surface area contributed by atoms with E-state index >= 15 is 0 Å². The number of nitriles is 1. The number of benzene rings is 2. The third-order valence-corrected chi connectivity index (χ3v) is 4.80. The zero-order valence-corrected chi connectivity index (χ0v) is 16.0. The second kappa shape index (κ2) is 8.30. The Morgan fingerprint density at radius 3 is 2.48 bits per heavy atom. The van der Waals surface area contributed by atoms with E-state index in [1.165, 1.54) is 30.3 Å². The third kappa shape index (κ3) is 4.91. The lowest BCUT2D eigenvalue weighted by Crippen LogP contribution is -2.20. The molecule has 2 unspecified atom stereocenters. The number of nitro groups is 1. The Balaban J connectivity index is 2.22. The lowest BCUT2D eigenvalue weighted by Gasteiger charge is -2.21. The van der Waals surface area contributed by atoms with Crippen LogP contribution in [0.25, 0.3) is 0 Å². The molecule has 0 saturated carbocycles. The average Bonchev–Trinajstić information content (AvgIpc) is 2.63. The van der Waals surface area contributed by atoms with Crippen LogP contribution in [-0.2, 0) is 5.41 Å². The molecule has 140 valence electrons. The quantitative estimate of drug-likeness (QED) is 0.404. The number of hydrogen-bond acceptors (Lipinski definition) is 4. The highest BCUT2D eigenvalue weighted by Gasteiger charge is 2.27. The van der Waals surface area contributed by atoms with Crippen molar-refractivity contribution >= 4 is 43.9 Å². The van der Waals surface area contributed by atoms with Crippen LogP contribution in [0.5, 0.6) is 0 Å². The summed E-state index contributed by atoms with van der Waals surface area (Å²) in [7, 11) is 2.06. The van der Waals surface area contributed by atoms with Crippen molar-refractivity contribution in [2.24, 2.45) is 0 Å². The van der Waals surface area contributed by atoms with Gasteiger partial charge in [0, 0.05) is 23.0 Å². The molecule has 2 rings (SSSR count). The summed E-state index contributed by atoms with van der Waals surface area (Å²) in [6.07, 6.45) is 0.121. The van der Waals surface area contributed by atoms with Gasteiger partial charge in [0.2, 0.25) is 0 Å². The number of carbonyl (C=O) groups is 1. The highest BCUT2D eigenvalue weighted by molar-refractivity contribution is 7.18. The van der Waals surface area contributed by atoms with Crippen molar-refractivity contribution < 1.29 is 14.1 Å². The van der Waals surface area contributed by atoms with Crippen LogP contribution >= 0.6 is 20.8 Å². The maximum atomic E-state index is 14.6. The van der Waals surface area contributed by atoms with Crippen LogP contribution in [0.15, 0.2) is 36.4 Å². The monoisotopic (exact) mass is 408 g/mol. The van der Waals surface area contributed by atoms with Gasteiger partial charge < -0.3 is 10.6 Å². The van der Waals surface area contributed by atoms with Crippen molar-refractivity contribution in [3.63, 3.8) is 0 Å². The molecule has 2 aromatic rings. The average molecular weight is 409 g/mol. The van der Waals surface area contributed by atoms with Gasteiger partial charge in [0.15, 0.2) is 0 Å². The number of urea groups is 1. The SMILES string of the molecule is CCC(F)(P)c1cc(NC(=O)Nc2ccc(Cl)c([N+](=O)[O-])c2)ccc1C#N. The molecule has 0 aromatic heterocycles. The Labute approximate surface area is 161 Å². The van der Waals surface area contributed by atoms with E-state index in [4.69, 9.17) is 16.9 Å². The van der Waals surface area contributed by atoms with Crippen molar-refractivity contribution in [3.05, 3.63) is 62.7 Å². The number of alkyl halides is 1. The van der Waals surface area contributed by atoms with Gasteiger partial charge in [-0.25, -0.2) is 9.18 Å². The van der Waals surface area contributed by atoms with Gasteiger partial charge in [-0.3, -0.25) is 10.1 Å². The van der Waals surface area contributed by atoms with Gasteiger partial charge in [0.1, 0.15) is 10.4 Å². The molecule has 0 bridgehead atoms. The number of hydrogen-bond donors (Lipinski definition) is 2. The van der Waals surface area contributed by atoms with Crippen molar-refractivity contribution in [2.75, 3.05) is 10.6 Å². The Kier molecular flexibility index (Phi) is 6.32. The highest BCUT2D eigenvalue weighted by Crippen LogP contribution is 2.39. The van der Waals surface area contributed by atoms with Crippen LogP contribution in [0.2, 0.25) is 5.02 Å². The van der Waals surface area contributed by atoms with Crippen LogP contribution in [0.3, 0.4) is 0 Å². The molecule has 7 nitrogen and oxygen atoms in total. The van der Waals surface area contributed by atoms with Gasteiger partial charge in [-0.05, 0) is 36.8 Å². The predicted octanol–water partition coefficient (Wildman–Crippen LogP) is 5.17. The van der Waals surface area contributed by atoms with Gasteiger partial charge in [0.05, 0.1) is 16.6 Å². The highest BCUT2D eigenvalue weighted by atomic mass is 35.5. The first kappa shape index (κ1) is 20.6. The molecule has 10 heteroatoms. The molecule has 0 aliphatic rings. The molecule has 27 heavy (non-hydrogen) atoms. The zero-order valence-electron chi connectivity index (χ0n) is 14.1. The minimum atomic E-state index is -1.81. The van der Waals surface area contributed by atoms with Gasteiger partial charge >= 0.3 is 6.03 Å². The molecule has 2 amide bonds. The summed E-state index contributed by atoms with van der Waals surface area (Å²) in [5.41, 5.74) is 0.383. The first-order valence-corrected chi connectivity index (χ1v) is 8.68. The summed E-state index contributed by atoms with van der Waals surface area (Å²) in [5, 5.41) is 23.1. The van der Waals surface area contributed by atoms with Crippen molar-refractivity contribution in [3.8, 4) is 6.07 Å². The second-order valence-electron chi connectivity index (χ2n) is 5.59. The fourth-order valence-corrected chi connectivity index (χ4v) is 2.70. The van der Waals surface area contributed by atoms with Gasteiger partial charge in [0.25, 0.3) is 5.69 Å². The first-order chi connectivity index (χ1) is 12.7. The number of carbonyl (C=O) groups excluding carboxylic acids is 1. The van der Waals surface area contributed by atoms with Crippen LogP contribution in [-0.4, -0.2) is 11.0 Å². The molecular weight excluding hydrogens is 394 g/mol. The lowest BCUT2D eigenvalue weighted by molar-refractivity contribution is -0.384. The van der Waals surface area contributed by atoms with E-state index in [9.17, 15) is 19.3 Å². The number of nitro benzene ring substituents is 1. The fourth-order valence-electron chi connectivity index (χ4n) is 2.28. The van der Waals surface area contributed by atoms with Crippen LogP contribution < -0.4 is 10.6 Å². The van der Waals surface area contributed by atoms with E-state index in [1.54, 1.807) is 6.92 Å². The molecular formula is C17H15ClFN4O3P. The second-order valence-corrected chi connectivity index (χ2v) is 6.91. The third-order valence-electron chi connectivity index (χ3n) is 3.76. The van der Waals surface area contributed by atoms with E-state index in [0.29, 0.717) is 0 Å². The molecule has 0 aliphatic heterocycles. The van der Waals surface area contributed by atoms with Gasteiger partial charge in [-0.1, -0.05) is 27.8 Å². The molecule has 2 atom stereocenters. The zero-order chi connectivity index (χ0) is 20.2. The maximum Gasteiger partial charge on any atom is 0.323 e. The van der Waals surface area contributed by atoms with Crippen molar-refractivity contribution in [1.82, 2.24) is 0 Å². The summed E-state index contributed by atoms with van der Waals surface area (Å²) in [5.74, 6) is 0. The molecule has 2 aromatic carbocycles. The molecule has 0 radical (unpaired) electrons. The smallest absolute Gasteiger partial charge is 0.308 e. The van der Waals surface area contributed by atoms with Crippen LogP contribution in [0.4, 0.5) is 26.2 Å². The topological polar surface area (TPSA) is 108 Å². The van der Waals surface area contributed by atoms with E-state index < -0.39 is 16.4 Å². The van der Waals surface area contributed by atoms with Crippen LogP contribution in [0.1, 0.15) is 24.5 Å². The minimum absolute atomic E-state index is 0.0537. The van der Waals surface area contributed by atoms with Crippen molar-refractivity contribution in [1.29, 1.82) is 5.26 Å². The number of halogens is 2. The summed E-state index contributed by atoms with van der Waals surface area (Å²) < 4.78 is 14.6. The first-order valence-electron chi connectivity index (χ1n) is 7.72. The summed E-state index contributed by atoms with van der Waals surface area (Å²) in [4.78, 5) is 22.4. The standard InChI is InChI=1S/C17H15ClFN4O3P/c1-2-17(19,27)13-7-11(4-3-10(13)9-20)21-16(24)22-12-5-6-14(18)15(8-12)23(25)26/h3-8H,2,27H2,1H3,(H2,21,22,24). The largest absolute Gasteiger partial charge is 0.323 e. The summed E-state index contributed by atoms with van der Waals surface area (Å²) in [6, 6.07) is 9.30. The van der Waals surface area contributed by atoms with Gasteiger partial charge in [-0.2, -0.15) is 5.26 Å². The minimum Gasteiger partial charge on any atom is -0.308 e.